The molecular formula is C19H18Br2N6. The van der Waals surface area contributed by atoms with Crippen LogP contribution in [0.1, 0.15) is 5.56 Å². The van der Waals surface area contributed by atoms with Crippen LogP contribution in [0.4, 0.5) is 5.95 Å². The molecule has 8 heteroatoms. The number of aromatic nitrogens is 4. The van der Waals surface area contributed by atoms with Crippen LogP contribution >= 0.6 is 17.0 Å². The Morgan fingerprint density at radius 3 is 2.48 bits per heavy atom. The largest absolute Gasteiger partial charge is 1.00 e. The van der Waals surface area contributed by atoms with Crippen LogP contribution in [-0.4, -0.2) is 20.7 Å². The van der Waals surface area contributed by atoms with E-state index in [1.165, 1.54) is 0 Å². The third-order valence-electron chi connectivity index (χ3n) is 3.98. The number of benzene rings is 1. The van der Waals surface area contributed by atoms with Gasteiger partial charge in [0, 0.05) is 24.0 Å². The zero-order valence-electron chi connectivity index (χ0n) is 14.5. The second-order valence-electron chi connectivity index (χ2n) is 5.60. The van der Waals surface area contributed by atoms with Gasteiger partial charge in [0.15, 0.2) is 5.69 Å². The topological polar surface area (TPSA) is 59.2 Å². The maximum atomic E-state index is 4.16. The van der Waals surface area contributed by atoms with Gasteiger partial charge in [0.05, 0.1) is 19.5 Å². The van der Waals surface area contributed by atoms with Gasteiger partial charge in [0.25, 0.3) is 5.65 Å². The molecular weight excluding hydrogens is 472 g/mol. The van der Waals surface area contributed by atoms with E-state index in [9.17, 15) is 0 Å². The molecule has 1 N–H and O–H groups in total. The highest BCUT2D eigenvalue weighted by Crippen LogP contribution is 2.19. The molecule has 0 radical (unpaired) electrons. The molecule has 6 nitrogen and oxygen atoms in total. The Bertz CT molecular complexity index is 1030. The number of anilines is 1. The first-order chi connectivity index (χ1) is 12.3. The zero-order valence-corrected chi connectivity index (χ0v) is 17.8. The van der Waals surface area contributed by atoms with Crippen molar-refractivity contribution < 1.29 is 21.4 Å². The van der Waals surface area contributed by atoms with Crippen molar-refractivity contribution >= 4 is 34.8 Å². The fraction of sp³-hybridized carbons (Fsp3) is 0.0526. The average Bonchev–Trinajstić information content (AvgIpc) is 3.00. The van der Waals surface area contributed by atoms with Crippen LogP contribution in [0.5, 0.6) is 0 Å². The van der Waals surface area contributed by atoms with Crippen molar-refractivity contribution in [1.29, 1.82) is 0 Å². The van der Waals surface area contributed by atoms with Crippen molar-refractivity contribution in [2.45, 2.75) is 0 Å². The Balaban J connectivity index is 0.00000131. The van der Waals surface area contributed by atoms with Crippen molar-refractivity contribution in [2.75, 3.05) is 5.43 Å². The second-order valence-corrected chi connectivity index (χ2v) is 5.60. The molecule has 0 atom stereocenters. The van der Waals surface area contributed by atoms with Crippen LogP contribution < -0.4 is 26.8 Å². The molecule has 0 aliphatic carbocycles. The summed E-state index contributed by atoms with van der Waals surface area (Å²) in [5.41, 5.74) is 7.27. The summed E-state index contributed by atoms with van der Waals surface area (Å²) in [6, 6.07) is 16.2. The van der Waals surface area contributed by atoms with Gasteiger partial charge in [-0.15, -0.1) is 17.0 Å². The highest BCUT2D eigenvalue weighted by atomic mass is 79.9. The lowest BCUT2D eigenvalue weighted by Crippen LogP contribution is -3.00. The van der Waals surface area contributed by atoms with Gasteiger partial charge in [-0.3, -0.25) is 0 Å². The molecule has 3 aromatic heterocycles. The molecule has 0 aliphatic rings. The van der Waals surface area contributed by atoms with E-state index in [4.69, 9.17) is 0 Å². The second kappa shape index (κ2) is 9.38. The van der Waals surface area contributed by atoms with Gasteiger partial charge in [-0.2, -0.15) is 5.10 Å². The van der Waals surface area contributed by atoms with E-state index in [0.717, 1.165) is 22.5 Å². The summed E-state index contributed by atoms with van der Waals surface area (Å²) in [4.78, 5) is 8.11. The molecule has 1 aromatic carbocycles. The first kappa shape index (κ1) is 20.7. The number of hydrogen-bond acceptors (Lipinski definition) is 4. The molecule has 0 saturated carbocycles. The van der Waals surface area contributed by atoms with E-state index >= 15 is 0 Å². The molecule has 0 amide bonds. The normalized spacial score (nSPS) is 10.4. The van der Waals surface area contributed by atoms with Crippen molar-refractivity contribution in [3.8, 4) is 11.3 Å². The van der Waals surface area contributed by atoms with E-state index < -0.39 is 0 Å². The fourth-order valence-electron chi connectivity index (χ4n) is 2.71. The molecule has 0 unspecified atom stereocenters. The van der Waals surface area contributed by atoms with Crippen LogP contribution in [0.25, 0.3) is 16.9 Å². The molecule has 138 valence electrons. The van der Waals surface area contributed by atoms with Gasteiger partial charge in [-0.25, -0.2) is 24.4 Å². The van der Waals surface area contributed by atoms with Gasteiger partial charge in [-0.1, -0.05) is 18.2 Å². The number of hydrogen-bond donors (Lipinski definition) is 1. The third kappa shape index (κ3) is 4.58. The number of pyridine rings is 1. The number of hydrazone groups is 1. The lowest BCUT2D eigenvalue weighted by Gasteiger charge is -1.99. The van der Waals surface area contributed by atoms with Crippen molar-refractivity contribution in [2.24, 2.45) is 12.1 Å². The van der Waals surface area contributed by atoms with Gasteiger partial charge in [0.1, 0.15) is 6.20 Å². The minimum Gasteiger partial charge on any atom is -1.00 e. The number of halogens is 2. The smallest absolute Gasteiger partial charge is 0.286 e. The number of nitrogens with one attached hydrogen (secondary N) is 1. The van der Waals surface area contributed by atoms with Gasteiger partial charge < -0.3 is 17.0 Å². The summed E-state index contributed by atoms with van der Waals surface area (Å²) in [6.45, 7) is 0. The summed E-state index contributed by atoms with van der Waals surface area (Å²) in [6.07, 6.45) is 9.27. The fourth-order valence-corrected chi connectivity index (χ4v) is 2.71. The number of rotatable bonds is 4. The maximum Gasteiger partial charge on any atom is 0.286 e. The SMILES string of the molecule is Br.Cn1c(-c2ccc(/C=N/Nc3ncccn3)cc2)c[n+]2ccccc12.[Br-]. The summed E-state index contributed by atoms with van der Waals surface area (Å²) < 4.78 is 4.30. The Morgan fingerprint density at radius 1 is 1.04 bits per heavy atom. The van der Waals surface area contributed by atoms with E-state index in [1.807, 2.05) is 24.3 Å². The van der Waals surface area contributed by atoms with Gasteiger partial charge in [0.2, 0.25) is 5.95 Å². The molecule has 27 heavy (non-hydrogen) atoms. The molecule has 0 fully saturated rings. The summed E-state index contributed by atoms with van der Waals surface area (Å²) in [5.74, 6) is 0.475. The summed E-state index contributed by atoms with van der Waals surface area (Å²) in [5, 5.41) is 4.16. The van der Waals surface area contributed by atoms with Gasteiger partial charge >= 0.3 is 0 Å². The van der Waals surface area contributed by atoms with Crippen LogP contribution in [0.15, 0.2) is 78.4 Å². The van der Waals surface area contributed by atoms with Crippen LogP contribution in [0.2, 0.25) is 0 Å². The molecule has 0 saturated heterocycles. The van der Waals surface area contributed by atoms with Gasteiger partial charge in [-0.05, 0) is 29.8 Å². The van der Waals surface area contributed by atoms with E-state index in [2.05, 4.69) is 67.1 Å². The number of nitrogens with zero attached hydrogens (tertiary/aromatic N) is 5. The quantitative estimate of drug-likeness (QED) is 0.254. The van der Waals surface area contributed by atoms with Crippen molar-refractivity contribution in [3.05, 3.63) is 78.9 Å². The number of fused-ring (bicyclic) bond motifs is 1. The Labute approximate surface area is 178 Å². The molecule has 3 heterocycles. The molecule has 4 aromatic rings. The predicted molar refractivity (Wildman–Crippen MR) is 108 cm³/mol. The van der Waals surface area contributed by atoms with Crippen molar-refractivity contribution in [1.82, 2.24) is 14.5 Å². The zero-order chi connectivity index (χ0) is 17.1. The highest BCUT2D eigenvalue weighted by Gasteiger charge is 2.14. The monoisotopic (exact) mass is 488 g/mol. The Morgan fingerprint density at radius 2 is 1.78 bits per heavy atom. The first-order valence-corrected chi connectivity index (χ1v) is 7.93. The van der Waals surface area contributed by atoms with E-state index in [0.29, 0.717) is 5.95 Å². The number of aryl methyl sites for hydroxylation is 1. The maximum absolute atomic E-state index is 4.16. The Kier molecular flexibility index (Phi) is 7.20. The first-order valence-electron chi connectivity index (χ1n) is 7.93. The lowest BCUT2D eigenvalue weighted by molar-refractivity contribution is -0.510. The molecule has 0 spiro atoms. The molecule has 0 aliphatic heterocycles. The van der Waals surface area contributed by atoms with E-state index in [-0.39, 0.29) is 34.0 Å². The van der Waals surface area contributed by atoms with Crippen LogP contribution in [0.3, 0.4) is 0 Å². The molecule has 4 rings (SSSR count). The predicted octanol–water partition coefficient (Wildman–Crippen LogP) is 0.249. The van der Waals surface area contributed by atoms with E-state index in [1.54, 1.807) is 24.7 Å². The lowest BCUT2D eigenvalue weighted by atomic mass is 10.1. The average molecular weight is 490 g/mol. The van der Waals surface area contributed by atoms with Crippen molar-refractivity contribution in [3.63, 3.8) is 0 Å². The van der Waals surface area contributed by atoms with Crippen LogP contribution in [-0.2, 0) is 7.05 Å². The van der Waals surface area contributed by atoms with Crippen LogP contribution in [0, 0.1) is 0 Å². The highest BCUT2D eigenvalue weighted by molar-refractivity contribution is 8.93. The standard InChI is InChI=1S/C19H17N6.2BrH/c1-24-17(14-25-12-3-2-5-18(24)25)16-8-6-15(7-9-16)13-22-23-19-20-10-4-11-21-19;;/h2-14H,1H3,(H,20,21,23);2*1H/q+1;;/p-1/b22-13+;;. The third-order valence-corrected chi connectivity index (χ3v) is 3.98. The number of imidazole rings is 1. The molecule has 0 bridgehead atoms. The summed E-state index contributed by atoms with van der Waals surface area (Å²) >= 11 is 0. The minimum atomic E-state index is 0. The summed E-state index contributed by atoms with van der Waals surface area (Å²) in [7, 11) is 2.07. The Hall–Kier alpha value is -2.58. The minimum absolute atomic E-state index is 0.